The molecule has 2 unspecified atom stereocenters. The van der Waals surface area contributed by atoms with Gasteiger partial charge in [0.1, 0.15) is 0 Å². The zero-order chi connectivity index (χ0) is 10.4. The number of hydrogen-bond donors (Lipinski definition) is 0. The molecule has 1 aliphatic heterocycles. The van der Waals surface area contributed by atoms with Crippen LogP contribution in [0.4, 0.5) is 0 Å². The van der Waals surface area contributed by atoms with Crippen LogP contribution in [0.15, 0.2) is 5.11 Å². The smallest absolute Gasteiger partial charge is 0.0270 e. The van der Waals surface area contributed by atoms with Crippen LogP contribution in [0.3, 0.4) is 0 Å². The Kier molecular flexibility index (Phi) is 5.15. The first-order chi connectivity index (χ1) is 6.72. The summed E-state index contributed by atoms with van der Waals surface area (Å²) in [4.78, 5) is 5.22. The molecule has 0 N–H and O–H groups in total. The van der Waals surface area contributed by atoms with Crippen LogP contribution in [0.1, 0.15) is 20.3 Å². The van der Waals surface area contributed by atoms with Gasteiger partial charge in [-0.15, -0.1) is 0 Å². The molecule has 0 spiro atoms. The van der Waals surface area contributed by atoms with E-state index >= 15 is 0 Å². The van der Waals surface area contributed by atoms with Gasteiger partial charge >= 0.3 is 0 Å². The van der Waals surface area contributed by atoms with Gasteiger partial charge in [-0.1, -0.05) is 19.0 Å². The second-order valence-electron chi connectivity index (χ2n) is 3.82. The van der Waals surface area contributed by atoms with Gasteiger partial charge in [-0.3, -0.25) is 0 Å². The van der Waals surface area contributed by atoms with Crippen LogP contribution in [-0.4, -0.2) is 41.6 Å². The Labute approximate surface area is 89.7 Å². The van der Waals surface area contributed by atoms with Crippen molar-refractivity contribution in [3.05, 3.63) is 10.4 Å². The van der Waals surface area contributed by atoms with Gasteiger partial charge in [0.05, 0.1) is 0 Å². The van der Waals surface area contributed by atoms with Crippen LogP contribution in [-0.2, 0) is 0 Å². The summed E-state index contributed by atoms with van der Waals surface area (Å²) in [5, 5.41) is 5.01. The van der Waals surface area contributed by atoms with Crippen molar-refractivity contribution < 1.29 is 0 Å². The first-order valence-corrected chi connectivity index (χ1v) is 6.05. The quantitative estimate of drug-likeness (QED) is 0.312. The lowest BCUT2D eigenvalue weighted by Crippen LogP contribution is -2.40. The fourth-order valence-electron chi connectivity index (χ4n) is 1.88. The second-order valence-corrected chi connectivity index (χ2v) is 5.71. The zero-order valence-electron chi connectivity index (χ0n) is 8.89. The molecule has 0 bridgehead atoms. The van der Waals surface area contributed by atoms with Gasteiger partial charge < -0.3 is 4.90 Å². The highest BCUT2D eigenvalue weighted by atomic mass is 32.2. The number of thioether (sulfide) groups is 1. The first-order valence-electron chi connectivity index (χ1n) is 5.11. The Hall–Kier alpha value is -0.380. The number of nitrogens with zero attached hydrogens (tertiary/aromatic N) is 4. The van der Waals surface area contributed by atoms with Crippen LogP contribution in [0, 0.1) is 0 Å². The lowest BCUT2D eigenvalue weighted by atomic mass is 10.3. The molecule has 0 aliphatic carbocycles. The van der Waals surface area contributed by atoms with Crippen molar-refractivity contribution in [3.63, 3.8) is 0 Å². The Bertz CT molecular complexity index is 205. The van der Waals surface area contributed by atoms with Crippen molar-refractivity contribution in [2.75, 3.05) is 26.2 Å². The molecule has 80 valence electrons. The van der Waals surface area contributed by atoms with E-state index in [1.807, 2.05) is 0 Å². The van der Waals surface area contributed by atoms with Crippen molar-refractivity contribution in [2.45, 2.75) is 30.8 Å². The Morgan fingerprint density at radius 3 is 2.64 bits per heavy atom. The normalized spacial score (nSPS) is 28.4. The molecule has 1 fully saturated rings. The average Bonchev–Trinajstić information content (AvgIpc) is 2.11. The van der Waals surface area contributed by atoms with Crippen LogP contribution >= 0.6 is 11.8 Å². The molecule has 0 aromatic heterocycles. The average molecular weight is 214 g/mol. The van der Waals surface area contributed by atoms with Crippen LogP contribution in [0.2, 0.25) is 0 Å². The third-order valence-electron chi connectivity index (χ3n) is 2.29. The predicted octanol–water partition coefficient (Wildman–Crippen LogP) is 2.51. The van der Waals surface area contributed by atoms with E-state index in [4.69, 9.17) is 5.53 Å². The van der Waals surface area contributed by atoms with Crippen molar-refractivity contribution in [3.8, 4) is 0 Å². The molecule has 0 radical (unpaired) electrons. The van der Waals surface area contributed by atoms with E-state index in [0.29, 0.717) is 6.54 Å². The summed E-state index contributed by atoms with van der Waals surface area (Å²) in [6, 6.07) is 0. The summed E-state index contributed by atoms with van der Waals surface area (Å²) in [7, 11) is 0. The summed E-state index contributed by atoms with van der Waals surface area (Å²) < 4.78 is 0. The minimum Gasteiger partial charge on any atom is -0.301 e. The molecule has 1 heterocycles. The van der Waals surface area contributed by atoms with Crippen molar-refractivity contribution >= 4 is 11.8 Å². The minimum atomic E-state index is 0.628. The van der Waals surface area contributed by atoms with Gasteiger partial charge in [0.25, 0.3) is 0 Å². The Morgan fingerprint density at radius 2 is 2.07 bits per heavy atom. The molecule has 0 amide bonds. The van der Waals surface area contributed by atoms with Crippen LogP contribution < -0.4 is 0 Å². The van der Waals surface area contributed by atoms with Crippen LogP contribution in [0.25, 0.3) is 10.4 Å². The largest absolute Gasteiger partial charge is 0.301 e. The van der Waals surface area contributed by atoms with Crippen molar-refractivity contribution in [2.24, 2.45) is 5.11 Å². The summed E-state index contributed by atoms with van der Waals surface area (Å²) in [5.41, 5.74) is 8.13. The second kappa shape index (κ2) is 6.17. The van der Waals surface area contributed by atoms with Gasteiger partial charge in [-0.25, -0.2) is 0 Å². The fraction of sp³-hybridized carbons (Fsp3) is 1.00. The highest BCUT2D eigenvalue weighted by molar-refractivity contribution is 8.00. The van der Waals surface area contributed by atoms with E-state index in [0.717, 1.165) is 23.5 Å². The third-order valence-corrected chi connectivity index (χ3v) is 3.52. The standard InChI is InChI=1S/C9H18N4S/c1-8-6-13(7-9(2)14-8)5-3-4-11-12-10/h8-9H,3-7H2,1-2H3. The summed E-state index contributed by atoms with van der Waals surface area (Å²) >= 11 is 2.07. The van der Waals surface area contributed by atoms with Crippen LogP contribution in [0.5, 0.6) is 0 Å². The molecule has 0 aromatic carbocycles. The topological polar surface area (TPSA) is 52.0 Å². The van der Waals surface area contributed by atoms with E-state index in [1.54, 1.807) is 0 Å². The maximum atomic E-state index is 8.13. The SMILES string of the molecule is CC1CN(CCCN=[N+]=[N-])CC(C)S1. The van der Waals surface area contributed by atoms with Gasteiger partial charge in [0.2, 0.25) is 0 Å². The lowest BCUT2D eigenvalue weighted by molar-refractivity contribution is 0.269. The monoisotopic (exact) mass is 214 g/mol. The molecule has 1 aliphatic rings. The zero-order valence-corrected chi connectivity index (χ0v) is 9.70. The first kappa shape index (κ1) is 11.7. The highest BCUT2D eigenvalue weighted by Crippen LogP contribution is 2.24. The Morgan fingerprint density at radius 1 is 1.43 bits per heavy atom. The predicted molar refractivity (Wildman–Crippen MR) is 61.6 cm³/mol. The highest BCUT2D eigenvalue weighted by Gasteiger charge is 2.21. The summed E-state index contributed by atoms with van der Waals surface area (Å²) in [6.07, 6.45) is 0.980. The number of azide groups is 1. The molecule has 0 aromatic rings. The van der Waals surface area contributed by atoms with E-state index < -0.39 is 0 Å². The summed E-state index contributed by atoms with van der Waals surface area (Å²) in [6.45, 7) is 8.59. The Balaban J connectivity index is 2.19. The molecule has 1 rings (SSSR count). The maximum absolute atomic E-state index is 8.13. The van der Waals surface area contributed by atoms with E-state index in [2.05, 4.69) is 40.5 Å². The van der Waals surface area contributed by atoms with Gasteiger partial charge in [-0.2, -0.15) is 11.8 Å². The van der Waals surface area contributed by atoms with E-state index in [1.165, 1.54) is 13.1 Å². The van der Waals surface area contributed by atoms with E-state index in [9.17, 15) is 0 Å². The molecular weight excluding hydrogens is 196 g/mol. The number of hydrogen-bond acceptors (Lipinski definition) is 3. The van der Waals surface area contributed by atoms with Crippen molar-refractivity contribution in [1.82, 2.24) is 4.90 Å². The molecule has 2 atom stereocenters. The fourth-order valence-corrected chi connectivity index (χ4v) is 3.26. The summed E-state index contributed by atoms with van der Waals surface area (Å²) in [5.74, 6) is 0. The molecule has 14 heavy (non-hydrogen) atoms. The molecular formula is C9H18N4S. The molecule has 4 nitrogen and oxygen atoms in total. The molecule has 5 heteroatoms. The van der Waals surface area contributed by atoms with Crippen molar-refractivity contribution in [1.29, 1.82) is 0 Å². The molecule has 0 saturated carbocycles. The third kappa shape index (κ3) is 4.22. The maximum Gasteiger partial charge on any atom is 0.0270 e. The number of rotatable bonds is 4. The van der Waals surface area contributed by atoms with E-state index in [-0.39, 0.29) is 0 Å². The lowest BCUT2D eigenvalue weighted by Gasteiger charge is -2.34. The minimum absolute atomic E-state index is 0.628. The molecule has 1 saturated heterocycles. The van der Waals surface area contributed by atoms with Gasteiger partial charge in [-0.05, 0) is 18.5 Å². The van der Waals surface area contributed by atoms with Gasteiger partial charge in [0, 0.05) is 35.0 Å². The van der Waals surface area contributed by atoms with Gasteiger partial charge in [0.15, 0.2) is 0 Å².